The predicted octanol–water partition coefficient (Wildman–Crippen LogP) is 3.56. The van der Waals surface area contributed by atoms with Gasteiger partial charge in [0.05, 0.1) is 34.1 Å². The first-order chi connectivity index (χ1) is 13.2. The average molecular weight is 420 g/mol. The predicted molar refractivity (Wildman–Crippen MR) is 110 cm³/mol. The summed E-state index contributed by atoms with van der Waals surface area (Å²) in [5.41, 5.74) is 1.61. The second kappa shape index (κ2) is 8.39. The highest BCUT2D eigenvalue weighted by atomic mass is 32.2. The van der Waals surface area contributed by atoms with Crippen LogP contribution in [0, 0.1) is 0 Å². The van der Waals surface area contributed by atoms with Crippen molar-refractivity contribution in [2.75, 3.05) is 37.4 Å². The van der Waals surface area contributed by atoms with Crippen LogP contribution in [-0.2, 0) is 9.53 Å². The fraction of sp³-hybridized carbons (Fsp3) is 0.278. The van der Waals surface area contributed by atoms with Gasteiger partial charge >= 0.3 is 0 Å². The van der Waals surface area contributed by atoms with Crippen LogP contribution < -0.4 is 5.32 Å². The van der Waals surface area contributed by atoms with E-state index in [1.54, 1.807) is 6.07 Å². The van der Waals surface area contributed by atoms with E-state index < -0.39 is 0 Å². The van der Waals surface area contributed by atoms with Gasteiger partial charge in [-0.25, -0.2) is 4.98 Å². The number of aromatic nitrogens is 1. The molecule has 1 fully saturated rings. The molecule has 9 heteroatoms. The molecule has 0 aliphatic carbocycles. The molecule has 6 nitrogen and oxygen atoms in total. The molecule has 0 saturated carbocycles. The summed E-state index contributed by atoms with van der Waals surface area (Å²) in [4.78, 5) is 31.5. The molecule has 140 valence electrons. The van der Waals surface area contributed by atoms with Crippen molar-refractivity contribution in [3.63, 3.8) is 0 Å². The molecule has 0 bridgehead atoms. The van der Waals surface area contributed by atoms with Crippen molar-refractivity contribution in [2.45, 2.75) is 4.34 Å². The van der Waals surface area contributed by atoms with Crippen LogP contribution in [0.5, 0.6) is 0 Å². The number of thiazole rings is 1. The Kier molecular flexibility index (Phi) is 5.72. The monoisotopic (exact) mass is 419 g/mol. The molecule has 0 radical (unpaired) electrons. The fourth-order valence-corrected chi connectivity index (χ4v) is 5.30. The number of anilines is 1. The number of amides is 2. The van der Waals surface area contributed by atoms with Gasteiger partial charge in [0, 0.05) is 18.8 Å². The lowest BCUT2D eigenvalue weighted by molar-refractivity contribution is -0.132. The third kappa shape index (κ3) is 4.49. The van der Waals surface area contributed by atoms with Crippen LogP contribution >= 0.6 is 34.4 Å². The maximum atomic E-state index is 12.3. The number of nitrogens with zero attached hydrogens (tertiary/aromatic N) is 2. The average Bonchev–Trinajstić information content (AvgIpc) is 3.36. The highest BCUT2D eigenvalue weighted by molar-refractivity contribution is 8.01. The number of thiophene rings is 1. The number of rotatable bonds is 5. The van der Waals surface area contributed by atoms with Gasteiger partial charge in [-0.3, -0.25) is 9.59 Å². The van der Waals surface area contributed by atoms with E-state index in [-0.39, 0.29) is 11.8 Å². The Labute approximate surface area is 168 Å². The van der Waals surface area contributed by atoms with Gasteiger partial charge in [-0.05, 0) is 29.6 Å². The summed E-state index contributed by atoms with van der Waals surface area (Å²) in [5, 5.41) is 4.79. The van der Waals surface area contributed by atoms with Gasteiger partial charge in [0.1, 0.15) is 0 Å². The topological polar surface area (TPSA) is 71.5 Å². The number of hydrogen-bond donors (Lipinski definition) is 1. The van der Waals surface area contributed by atoms with Gasteiger partial charge in [0.25, 0.3) is 5.91 Å². The first kappa shape index (κ1) is 18.4. The van der Waals surface area contributed by atoms with Crippen LogP contribution in [0.4, 0.5) is 5.69 Å². The normalized spacial score (nSPS) is 14.4. The summed E-state index contributed by atoms with van der Waals surface area (Å²) in [5.74, 6) is 0.382. The zero-order valence-electron chi connectivity index (χ0n) is 14.3. The van der Waals surface area contributed by atoms with Crippen LogP contribution in [0.2, 0.25) is 0 Å². The number of carbonyl (C=O) groups is 2. The molecule has 2 aromatic heterocycles. The molecule has 0 spiro atoms. The highest BCUT2D eigenvalue weighted by Gasteiger charge is 2.17. The lowest BCUT2D eigenvalue weighted by atomic mass is 10.3. The Morgan fingerprint density at radius 3 is 2.89 bits per heavy atom. The lowest BCUT2D eigenvalue weighted by Crippen LogP contribution is -2.41. The van der Waals surface area contributed by atoms with E-state index in [9.17, 15) is 9.59 Å². The minimum atomic E-state index is -0.112. The Hall–Kier alpha value is -1.94. The Morgan fingerprint density at radius 2 is 2.11 bits per heavy atom. The van der Waals surface area contributed by atoms with Crippen molar-refractivity contribution in [3.8, 4) is 0 Å². The Bertz CT molecular complexity index is 949. The van der Waals surface area contributed by atoms with Crippen LogP contribution in [0.3, 0.4) is 0 Å². The Morgan fingerprint density at radius 1 is 1.26 bits per heavy atom. The van der Waals surface area contributed by atoms with Crippen molar-refractivity contribution in [1.29, 1.82) is 0 Å². The van der Waals surface area contributed by atoms with Crippen molar-refractivity contribution in [3.05, 3.63) is 40.6 Å². The van der Waals surface area contributed by atoms with E-state index in [1.165, 1.54) is 34.4 Å². The minimum absolute atomic E-state index is 0.112. The molecule has 1 aromatic carbocycles. The van der Waals surface area contributed by atoms with Gasteiger partial charge < -0.3 is 15.0 Å². The third-order valence-corrected chi connectivity index (χ3v) is 7.07. The van der Waals surface area contributed by atoms with Gasteiger partial charge in [0.2, 0.25) is 5.91 Å². The maximum Gasteiger partial charge on any atom is 0.265 e. The summed E-state index contributed by atoms with van der Waals surface area (Å²) in [7, 11) is 0. The van der Waals surface area contributed by atoms with Crippen LogP contribution in [0.1, 0.15) is 9.67 Å². The molecular weight excluding hydrogens is 402 g/mol. The second-order valence-electron chi connectivity index (χ2n) is 5.88. The van der Waals surface area contributed by atoms with Crippen molar-refractivity contribution in [1.82, 2.24) is 9.88 Å². The third-order valence-electron chi connectivity index (χ3n) is 4.05. The molecule has 1 N–H and O–H groups in total. The minimum Gasteiger partial charge on any atom is -0.378 e. The quantitative estimate of drug-likeness (QED) is 0.640. The number of thioether (sulfide) groups is 1. The number of hydrogen-bond acceptors (Lipinski definition) is 7. The van der Waals surface area contributed by atoms with Gasteiger partial charge in [-0.1, -0.05) is 17.8 Å². The summed E-state index contributed by atoms with van der Waals surface area (Å²) in [6.07, 6.45) is 0. The van der Waals surface area contributed by atoms with Crippen molar-refractivity contribution in [2.24, 2.45) is 0 Å². The van der Waals surface area contributed by atoms with E-state index in [4.69, 9.17) is 4.74 Å². The summed E-state index contributed by atoms with van der Waals surface area (Å²) >= 11 is 4.40. The molecule has 27 heavy (non-hydrogen) atoms. The highest BCUT2D eigenvalue weighted by Crippen LogP contribution is 2.31. The van der Waals surface area contributed by atoms with Crippen LogP contribution in [0.25, 0.3) is 10.2 Å². The maximum absolute atomic E-state index is 12.3. The number of morpholine rings is 1. The van der Waals surface area contributed by atoms with Crippen LogP contribution in [0.15, 0.2) is 40.1 Å². The SMILES string of the molecule is O=C(Nc1ccc2nc(SCC(=O)N3CCOCC3)sc2c1)c1cccs1. The summed E-state index contributed by atoms with van der Waals surface area (Å²) < 4.78 is 7.12. The Balaban J connectivity index is 1.40. The molecule has 1 aliphatic heterocycles. The van der Waals surface area contributed by atoms with E-state index in [0.29, 0.717) is 36.9 Å². The van der Waals surface area contributed by atoms with Crippen molar-refractivity contribution >= 4 is 62.2 Å². The molecule has 4 rings (SSSR count). The fourth-order valence-electron chi connectivity index (χ4n) is 2.67. The molecule has 3 aromatic rings. The number of benzene rings is 1. The van der Waals surface area contributed by atoms with Gasteiger partial charge in [-0.15, -0.1) is 22.7 Å². The van der Waals surface area contributed by atoms with E-state index >= 15 is 0 Å². The van der Waals surface area contributed by atoms with E-state index in [1.807, 2.05) is 34.5 Å². The molecule has 0 atom stereocenters. The number of ether oxygens (including phenoxy) is 1. The molecule has 1 saturated heterocycles. The van der Waals surface area contributed by atoms with Crippen LogP contribution in [-0.4, -0.2) is 53.8 Å². The first-order valence-electron chi connectivity index (χ1n) is 8.43. The number of nitrogens with one attached hydrogen (secondary N) is 1. The van der Waals surface area contributed by atoms with Gasteiger partial charge in [-0.2, -0.15) is 0 Å². The first-order valence-corrected chi connectivity index (χ1v) is 11.1. The zero-order chi connectivity index (χ0) is 18.6. The standard InChI is InChI=1S/C18H17N3O3S3/c22-16(21-5-7-24-8-6-21)11-26-18-20-13-4-3-12(10-15(13)27-18)19-17(23)14-2-1-9-25-14/h1-4,9-10H,5-8,11H2,(H,19,23). The number of carbonyl (C=O) groups excluding carboxylic acids is 2. The largest absolute Gasteiger partial charge is 0.378 e. The molecule has 3 heterocycles. The molecular formula is C18H17N3O3S3. The zero-order valence-corrected chi connectivity index (χ0v) is 16.8. The summed E-state index contributed by atoms with van der Waals surface area (Å²) in [6, 6.07) is 9.32. The van der Waals surface area contributed by atoms with E-state index in [2.05, 4.69) is 10.3 Å². The second-order valence-corrected chi connectivity index (χ2v) is 9.08. The van der Waals surface area contributed by atoms with E-state index in [0.717, 1.165) is 20.2 Å². The molecule has 0 unspecified atom stereocenters. The molecule has 2 amide bonds. The number of fused-ring (bicyclic) bond motifs is 1. The molecule has 1 aliphatic rings. The smallest absolute Gasteiger partial charge is 0.265 e. The summed E-state index contributed by atoms with van der Waals surface area (Å²) in [6.45, 7) is 2.54. The van der Waals surface area contributed by atoms with Gasteiger partial charge in [0.15, 0.2) is 4.34 Å². The lowest BCUT2D eigenvalue weighted by Gasteiger charge is -2.26. The van der Waals surface area contributed by atoms with Crippen molar-refractivity contribution < 1.29 is 14.3 Å².